The second-order valence-electron chi connectivity index (χ2n) is 14.5. The molecule has 5 atom stereocenters. The molecule has 17 nitrogen and oxygen atoms in total. The molecule has 17 heteroatoms. The van der Waals surface area contributed by atoms with Crippen molar-refractivity contribution in [2.45, 2.75) is 89.0 Å². The van der Waals surface area contributed by atoms with Crippen LogP contribution in [0.5, 0.6) is 5.75 Å². The first-order valence-electron chi connectivity index (χ1n) is 18.9. The van der Waals surface area contributed by atoms with Crippen molar-refractivity contribution >= 4 is 41.4 Å². The Balaban J connectivity index is 1.88. The smallest absolute Gasteiger partial charge is 0.243 e. The number of nitrogens with zero attached hydrogens (tertiary/aromatic N) is 2. The van der Waals surface area contributed by atoms with Crippen molar-refractivity contribution in [3.05, 3.63) is 65.7 Å². The number of phenols is 1. The fourth-order valence-corrected chi connectivity index (χ4v) is 6.00. The third-order valence-electron chi connectivity index (χ3n) is 9.01. The van der Waals surface area contributed by atoms with Crippen LogP contribution in [0.2, 0.25) is 0 Å². The van der Waals surface area contributed by atoms with Crippen LogP contribution in [0.25, 0.3) is 0 Å². The summed E-state index contributed by atoms with van der Waals surface area (Å²) in [6.07, 6.45) is 1.64. The van der Waals surface area contributed by atoms with Crippen molar-refractivity contribution < 1.29 is 33.9 Å². The van der Waals surface area contributed by atoms with Crippen molar-refractivity contribution in [2.24, 2.45) is 22.4 Å². The number of nitrogens with one attached hydrogen (secondary N) is 6. The Morgan fingerprint density at radius 3 is 2.20 bits per heavy atom. The largest absolute Gasteiger partial charge is 0.508 e. The van der Waals surface area contributed by atoms with Crippen LogP contribution < -0.4 is 43.4 Å². The van der Waals surface area contributed by atoms with E-state index in [0.717, 1.165) is 5.56 Å². The Bertz CT molecular complexity index is 1650. The molecule has 0 spiro atoms. The van der Waals surface area contributed by atoms with E-state index < -0.39 is 72.2 Å². The SMILES string of the molecule is CC(C)C[C@@H]1NC(=O)[C@H](Cc2ccccc2)NC(=O)CNC(=O)[C@H](NC(=O)[C@@H](N)Cc2ccc(O)cc2)CCCNC(N(C)C)=NCCC[C@@H](C(N)=O)NC1=O. The number of rotatable bonds is 9. The van der Waals surface area contributed by atoms with Gasteiger partial charge in [0, 0.05) is 33.6 Å². The number of hydrogen-bond acceptors (Lipinski definition) is 11. The molecule has 0 bridgehead atoms. The summed E-state index contributed by atoms with van der Waals surface area (Å²) in [7, 11) is 3.60. The molecule has 2 aromatic rings. The number of primary amides is 1. The van der Waals surface area contributed by atoms with Gasteiger partial charge < -0.3 is 53.4 Å². The monoisotopic (exact) mass is 778 g/mol. The summed E-state index contributed by atoms with van der Waals surface area (Å²) in [5.74, 6) is -3.27. The topological polar surface area (TPSA) is 262 Å². The van der Waals surface area contributed by atoms with Gasteiger partial charge in [-0.3, -0.25) is 33.8 Å². The van der Waals surface area contributed by atoms with Gasteiger partial charge in [0.15, 0.2) is 5.96 Å². The summed E-state index contributed by atoms with van der Waals surface area (Å²) in [6, 6.07) is 9.96. The van der Waals surface area contributed by atoms with Crippen LogP contribution in [-0.4, -0.2) is 115 Å². The number of nitrogens with two attached hydrogens (primary N) is 2. The zero-order valence-corrected chi connectivity index (χ0v) is 32.7. The highest BCUT2D eigenvalue weighted by Crippen LogP contribution is 2.12. The Hall–Kier alpha value is -5.71. The minimum Gasteiger partial charge on any atom is -0.508 e. The summed E-state index contributed by atoms with van der Waals surface area (Å²) < 4.78 is 0. The van der Waals surface area contributed by atoms with Gasteiger partial charge in [0.2, 0.25) is 35.4 Å². The van der Waals surface area contributed by atoms with E-state index in [0.29, 0.717) is 37.5 Å². The number of phenolic OH excluding ortho intramolecular Hbond substituents is 1. The molecule has 0 fully saturated rings. The molecular weight excluding hydrogens is 720 g/mol. The quantitative estimate of drug-likeness (QED) is 0.153. The maximum absolute atomic E-state index is 13.8. The first-order valence-corrected chi connectivity index (χ1v) is 18.9. The third kappa shape index (κ3) is 15.6. The van der Waals surface area contributed by atoms with Crippen LogP contribution in [0, 0.1) is 5.92 Å². The molecule has 1 heterocycles. The minimum atomic E-state index is -1.14. The third-order valence-corrected chi connectivity index (χ3v) is 9.01. The van der Waals surface area contributed by atoms with E-state index in [1.54, 1.807) is 55.4 Å². The molecule has 6 amide bonds. The Morgan fingerprint density at radius 1 is 0.875 bits per heavy atom. The lowest BCUT2D eigenvalue weighted by atomic mass is 10.0. The number of aliphatic imine (C=N–C) groups is 1. The van der Waals surface area contributed by atoms with Crippen molar-refractivity contribution in [2.75, 3.05) is 33.7 Å². The van der Waals surface area contributed by atoms with Gasteiger partial charge in [-0.25, -0.2) is 0 Å². The Labute approximate surface area is 328 Å². The average Bonchev–Trinajstić information content (AvgIpc) is 3.15. The van der Waals surface area contributed by atoms with E-state index in [4.69, 9.17) is 11.5 Å². The zero-order valence-electron chi connectivity index (χ0n) is 32.7. The van der Waals surface area contributed by atoms with Crippen molar-refractivity contribution in [3.8, 4) is 5.75 Å². The molecule has 306 valence electrons. The van der Waals surface area contributed by atoms with Crippen LogP contribution >= 0.6 is 0 Å². The lowest BCUT2D eigenvalue weighted by Gasteiger charge is -2.26. The van der Waals surface area contributed by atoms with Crippen molar-refractivity contribution in [1.29, 1.82) is 0 Å². The van der Waals surface area contributed by atoms with Gasteiger partial charge in [0.1, 0.15) is 29.9 Å². The van der Waals surface area contributed by atoms with E-state index >= 15 is 0 Å². The summed E-state index contributed by atoms with van der Waals surface area (Å²) in [6.45, 7) is 3.91. The van der Waals surface area contributed by atoms with E-state index in [1.165, 1.54) is 12.1 Å². The van der Waals surface area contributed by atoms with E-state index in [2.05, 4.69) is 36.9 Å². The maximum Gasteiger partial charge on any atom is 0.243 e. The number of carbonyl (C=O) groups excluding carboxylic acids is 6. The van der Waals surface area contributed by atoms with Crippen molar-refractivity contribution in [3.63, 3.8) is 0 Å². The zero-order chi connectivity index (χ0) is 41.2. The molecule has 0 aromatic heterocycles. The summed E-state index contributed by atoms with van der Waals surface area (Å²) in [5, 5.41) is 26.3. The fourth-order valence-electron chi connectivity index (χ4n) is 6.00. The maximum atomic E-state index is 13.8. The van der Waals surface area contributed by atoms with Gasteiger partial charge in [0.05, 0.1) is 12.6 Å². The molecule has 0 saturated carbocycles. The molecule has 2 aromatic carbocycles. The summed E-state index contributed by atoms with van der Waals surface area (Å²) >= 11 is 0. The van der Waals surface area contributed by atoms with Gasteiger partial charge in [-0.2, -0.15) is 0 Å². The number of amides is 6. The fraction of sp³-hybridized carbons (Fsp3) is 0.513. The van der Waals surface area contributed by atoms with Gasteiger partial charge in [0.25, 0.3) is 0 Å². The number of aromatic hydroxyl groups is 1. The highest BCUT2D eigenvalue weighted by atomic mass is 16.3. The molecule has 0 saturated heterocycles. The minimum absolute atomic E-state index is 0.0314. The molecule has 56 heavy (non-hydrogen) atoms. The molecule has 0 radical (unpaired) electrons. The molecule has 3 rings (SSSR count). The van der Waals surface area contributed by atoms with Gasteiger partial charge in [-0.1, -0.05) is 56.3 Å². The van der Waals surface area contributed by atoms with Crippen LogP contribution in [-0.2, 0) is 41.6 Å². The summed E-state index contributed by atoms with van der Waals surface area (Å²) in [4.78, 5) is 86.3. The van der Waals surface area contributed by atoms with Gasteiger partial charge in [-0.15, -0.1) is 0 Å². The normalized spacial score (nSPS) is 21.6. The molecule has 1 aliphatic heterocycles. The second kappa shape index (κ2) is 22.6. The lowest BCUT2D eigenvalue weighted by molar-refractivity contribution is -0.134. The molecule has 0 aliphatic carbocycles. The van der Waals surface area contributed by atoms with E-state index in [-0.39, 0.29) is 43.8 Å². The number of hydrogen-bond donors (Lipinski definition) is 9. The standard InChI is InChI=1S/C39H58N10O7/c1-24(2)20-31-37(55)46-29(34(41)52)12-8-18-42-39(49(3)4)43-19-9-13-30(47-35(53)28(40)21-26-14-16-27(50)17-15-26)36(54)44-23-33(51)45-32(38(56)48-31)22-25-10-6-5-7-11-25/h5-7,10-11,14-17,24,28-32,50H,8-9,12-13,18-23,40H2,1-4H3,(H2,41,52)(H,42,43)(H,44,54)(H,45,51)(H,46,55)(H,47,53)(H,48,56)/t28-,29-,30+,31-,32-/m0/s1. The number of guanidine groups is 1. The van der Waals surface area contributed by atoms with Gasteiger partial charge in [-0.05, 0) is 67.7 Å². The second-order valence-corrected chi connectivity index (χ2v) is 14.5. The van der Waals surface area contributed by atoms with Crippen LogP contribution in [0.15, 0.2) is 59.6 Å². The molecule has 1 aliphatic rings. The van der Waals surface area contributed by atoms with E-state index in [9.17, 15) is 33.9 Å². The average molecular weight is 779 g/mol. The lowest BCUT2D eigenvalue weighted by Crippen LogP contribution is -2.58. The van der Waals surface area contributed by atoms with Crippen molar-refractivity contribution in [1.82, 2.24) is 36.8 Å². The predicted molar refractivity (Wildman–Crippen MR) is 212 cm³/mol. The predicted octanol–water partition coefficient (Wildman–Crippen LogP) is -0.827. The molecular formula is C39H58N10O7. The highest BCUT2D eigenvalue weighted by molar-refractivity contribution is 5.95. The van der Waals surface area contributed by atoms with Gasteiger partial charge >= 0.3 is 0 Å². The summed E-state index contributed by atoms with van der Waals surface area (Å²) in [5.41, 5.74) is 13.3. The number of benzene rings is 2. The van der Waals surface area contributed by atoms with Crippen LogP contribution in [0.4, 0.5) is 0 Å². The first kappa shape index (κ1) is 44.7. The van der Waals surface area contributed by atoms with E-state index in [1.807, 2.05) is 19.9 Å². The van der Waals surface area contributed by atoms with Crippen LogP contribution in [0.1, 0.15) is 57.1 Å². The molecule has 11 N–H and O–H groups in total. The Kier molecular flexibility index (Phi) is 18.0. The first-order chi connectivity index (χ1) is 26.6. The van der Waals surface area contributed by atoms with Crippen LogP contribution in [0.3, 0.4) is 0 Å². The molecule has 0 unspecified atom stereocenters. The number of carbonyl (C=O) groups is 6. The Morgan fingerprint density at radius 2 is 1.55 bits per heavy atom. The highest BCUT2D eigenvalue weighted by Gasteiger charge is 2.30.